The molecule has 0 bridgehead atoms. The van der Waals surface area contributed by atoms with E-state index in [1.807, 2.05) is 0 Å². The number of ether oxygens (including phenoxy) is 1. The van der Waals surface area contributed by atoms with Gasteiger partial charge in [-0.05, 0) is 44.4 Å². The molecular formula is C19H30N2O. The fourth-order valence-corrected chi connectivity index (χ4v) is 3.66. The molecule has 3 heteroatoms. The van der Waals surface area contributed by atoms with E-state index >= 15 is 0 Å². The van der Waals surface area contributed by atoms with Crippen molar-refractivity contribution >= 4 is 5.69 Å². The SMILES string of the molecule is c1ccc(N2CC[C@H](NCCCOC3CCCCC3)C2)cc1. The molecule has 1 N–H and O–H groups in total. The van der Waals surface area contributed by atoms with Crippen molar-refractivity contribution in [3.05, 3.63) is 30.3 Å². The largest absolute Gasteiger partial charge is 0.378 e. The molecule has 0 unspecified atom stereocenters. The molecule has 122 valence electrons. The summed E-state index contributed by atoms with van der Waals surface area (Å²) in [5.74, 6) is 0. The third-order valence-electron chi connectivity index (χ3n) is 4.97. The lowest BCUT2D eigenvalue weighted by atomic mass is 9.98. The minimum atomic E-state index is 0.550. The molecule has 1 atom stereocenters. The summed E-state index contributed by atoms with van der Waals surface area (Å²) in [6, 6.07) is 11.4. The van der Waals surface area contributed by atoms with Gasteiger partial charge in [0.05, 0.1) is 6.10 Å². The summed E-state index contributed by atoms with van der Waals surface area (Å²) in [5.41, 5.74) is 1.35. The van der Waals surface area contributed by atoms with Crippen molar-refractivity contribution in [2.45, 2.75) is 57.1 Å². The Morgan fingerprint density at radius 3 is 2.68 bits per heavy atom. The fraction of sp³-hybridized carbons (Fsp3) is 0.684. The Balaban J connectivity index is 1.27. The van der Waals surface area contributed by atoms with Crippen molar-refractivity contribution in [3.63, 3.8) is 0 Å². The average Bonchev–Trinajstić information content (AvgIpc) is 3.05. The zero-order valence-corrected chi connectivity index (χ0v) is 13.7. The fourth-order valence-electron chi connectivity index (χ4n) is 3.66. The first-order chi connectivity index (χ1) is 10.9. The van der Waals surface area contributed by atoms with Crippen LogP contribution >= 0.6 is 0 Å². The average molecular weight is 302 g/mol. The van der Waals surface area contributed by atoms with Crippen molar-refractivity contribution in [2.24, 2.45) is 0 Å². The maximum Gasteiger partial charge on any atom is 0.0575 e. The number of nitrogens with zero attached hydrogens (tertiary/aromatic N) is 1. The summed E-state index contributed by atoms with van der Waals surface area (Å²) in [4.78, 5) is 2.48. The maximum atomic E-state index is 5.99. The molecule has 22 heavy (non-hydrogen) atoms. The molecular weight excluding hydrogens is 272 g/mol. The second-order valence-electron chi connectivity index (χ2n) is 6.71. The Hall–Kier alpha value is -1.06. The Morgan fingerprint density at radius 2 is 1.86 bits per heavy atom. The minimum absolute atomic E-state index is 0.550. The molecule has 1 aromatic carbocycles. The van der Waals surface area contributed by atoms with Gasteiger partial charge in [-0.2, -0.15) is 0 Å². The second kappa shape index (κ2) is 8.54. The third-order valence-corrected chi connectivity index (χ3v) is 4.97. The van der Waals surface area contributed by atoms with Crippen LogP contribution < -0.4 is 10.2 Å². The highest BCUT2D eigenvalue weighted by Gasteiger charge is 2.21. The van der Waals surface area contributed by atoms with Crippen LogP contribution in [0.5, 0.6) is 0 Å². The van der Waals surface area contributed by atoms with Gasteiger partial charge >= 0.3 is 0 Å². The summed E-state index contributed by atoms with van der Waals surface area (Å²) in [7, 11) is 0. The number of anilines is 1. The lowest BCUT2D eigenvalue weighted by Crippen LogP contribution is -2.33. The van der Waals surface area contributed by atoms with Crippen LogP contribution in [-0.4, -0.2) is 38.4 Å². The Morgan fingerprint density at radius 1 is 1.05 bits per heavy atom. The first-order valence-electron chi connectivity index (χ1n) is 9.07. The number of nitrogens with one attached hydrogen (secondary N) is 1. The first kappa shape index (κ1) is 15.8. The number of hydrogen-bond donors (Lipinski definition) is 1. The Bertz CT molecular complexity index is 417. The smallest absolute Gasteiger partial charge is 0.0575 e. The van der Waals surface area contributed by atoms with E-state index in [-0.39, 0.29) is 0 Å². The summed E-state index contributed by atoms with van der Waals surface area (Å²) >= 11 is 0. The predicted octanol–water partition coefficient (Wildman–Crippen LogP) is 3.59. The number of rotatable bonds is 7. The normalized spacial score (nSPS) is 23.1. The molecule has 1 heterocycles. The quantitative estimate of drug-likeness (QED) is 0.779. The highest BCUT2D eigenvalue weighted by molar-refractivity contribution is 5.47. The molecule has 1 aliphatic carbocycles. The number of para-hydroxylation sites is 1. The molecule has 0 aromatic heterocycles. The third kappa shape index (κ3) is 4.72. The van der Waals surface area contributed by atoms with Crippen molar-refractivity contribution in [1.82, 2.24) is 5.32 Å². The summed E-state index contributed by atoms with van der Waals surface area (Å²) in [6.45, 7) is 4.31. The van der Waals surface area contributed by atoms with Gasteiger partial charge in [-0.1, -0.05) is 37.5 Å². The topological polar surface area (TPSA) is 24.5 Å². The highest BCUT2D eigenvalue weighted by atomic mass is 16.5. The molecule has 1 saturated carbocycles. The molecule has 2 fully saturated rings. The first-order valence-corrected chi connectivity index (χ1v) is 9.07. The van der Waals surface area contributed by atoms with Crippen molar-refractivity contribution in [2.75, 3.05) is 31.1 Å². The number of benzene rings is 1. The van der Waals surface area contributed by atoms with Gasteiger partial charge < -0.3 is 15.0 Å². The van der Waals surface area contributed by atoms with Gasteiger partial charge in [-0.3, -0.25) is 0 Å². The van der Waals surface area contributed by atoms with Gasteiger partial charge in [0.2, 0.25) is 0 Å². The van der Waals surface area contributed by atoms with Crippen LogP contribution in [0.2, 0.25) is 0 Å². The molecule has 1 aliphatic heterocycles. The lowest BCUT2D eigenvalue weighted by molar-refractivity contribution is 0.0271. The molecule has 1 saturated heterocycles. The van der Waals surface area contributed by atoms with Gasteiger partial charge in [0, 0.05) is 31.4 Å². The van der Waals surface area contributed by atoms with Crippen LogP contribution in [-0.2, 0) is 4.74 Å². The Kier molecular flexibility index (Phi) is 6.14. The zero-order valence-electron chi connectivity index (χ0n) is 13.7. The van der Waals surface area contributed by atoms with E-state index in [4.69, 9.17) is 4.74 Å². The maximum absolute atomic E-state index is 5.99. The van der Waals surface area contributed by atoms with E-state index < -0.39 is 0 Å². The standard InChI is InChI=1S/C19H30N2O/c1-3-8-18(9-4-1)21-14-12-17(16-21)20-13-7-15-22-19-10-5-2-6-11-19/h1,3-4,8-9,17,19-20H,2,5-7,10-16H2/t17-/m0/s1. The van der Waals surface area contributed by atoms with Crippen molar-refractivity contribution < 1.29 is 4.74 Å². The van der Waals surface area contributed by atoms with E-state index in [9.17, 15) is 0 Å². The van der Waals surface area contributed by atoms with Crippen LogP contribution in [0.25, 0.3) is 0 Å². The monoisotopic (exact) mass is 302 g/mol. The van der Waals surface area contributed by atoms with Crippen molar-refractivity contribution in [1.29, 1.82) is 0 Å². The molecule has 0 radical (unpaired) electrons. The molecule has 0 spiro atoms. The van der Waals surface area contributed by atoms with Gasteiger partial charge in [0.1, 0.15) is 0 Å². The minimum Gasteiger partial charge on any atom is -0.378 e. The molecule has 2 aliphatic rings. The molecule has 3 rings (SSSR count). The van der Waals surface area contributed by atoms with Gasteiger partial charge in [-0.15, -0.1) is 0 Å². The van der Waals surface area contributed by atoms with Crippen LogP contribution in [0, 0.1) is 0 Å². The lowest BCUT2D eigenvalue weighted by Gasteiger charge is -2.22. The van der Waals surface area contributed by atoms with Crippen LogP contribution in [0.15, 0.2) is 30.3 Å². The van der Waals surface area contributed by atoms with E-state index in [1.54, 1.807) is 0 Å². The van der Waals surface area contributed by atoms with Crippen molar-refractivity contribution in [3.8, 4) is 0 Å². The molecule has 3 nitrogen and oxygen atoms in total. The van der Waals surface area contributed by atoms with Crippen LogP contribution in [0.4, 0.5) is 5.69 Å². The summed E-state index contributed by atoms with van der Waals surface area (Å²) in [5, 5.41) is 3.70. The van der Waals surface area contributed by atoms with E-state index in [0.29, 0.717) is 12.1 Å². The van der Waals surface area contributed by atoms with Gasteiger partial charge in [-0.25, -0.2) is 0 Å². The van der Waals surface area contributed by atoms with E-state index in [0.717, 1.165) is 26.1 Å². The zero-order chi connectivity index (χ0) is 15.0. The molecule has 0 amide bonds. The van der Waals surface area contributed by atoms with Crippen LogP contribution in [0.1, 0.15) is 44.9 Å². The number of hydrogen-bond acceptors (Lipinski definition) is 3. The van der Waals surface area contributed by atoms with Crippen LogP contribution in [0.3, 0.4) is 0 Å². The molecule has 1 aromatic rings. The van der Waals surface area contributed by atoms with Gasteiger partial charge in [0.25, 0.3) is 0 Å². The summed E-state index contributed by atoms with van der Waals surface area (Å²) < 4.78 is 5.99. The highest BCUT2D eigenvalue weighted by Crippen LogP contribution is 2.21. The predicted molar refractivity (Wildman–Crippen MR) is 92.5 cm³/mol. The van der Waals surface area contributed by atoms with E-state index in [2.05, 4.69) is 40.5 Å². The van der Waals surface area contributed by atoms with E-state index in [1.165, 1.54) is 50.8 Å². The Labute approximate surface area is 135 Å². The second-order valence-corrected chi connectivity index (χ2v) is 6.71. The van der Waals surface area contributed by atoms with Gasteiger partial charge in [0.15, 0.2) is 0 Å². The summed E-state index contributed by atoms with van der Waals surface area (Å²) in [6.07, 6.45) is 9.62.